The zero-order chi connectivity index (χ0) is 15.1. The Morgan fingerprint density at radius 1 is 0.682 bits per heavy atom. The fourth-order valence-corrected chi connectivity index (χ4v) is 3.22. The summed E-state index contributed by atoms with van der Waals surface area (Å²) in [7, 11) is 0. The summed E-state index contributed by atoms with van der Waals surface area (Å²) in [4.78, 5) is 12.7. The van der Waals surface area contributed by atoms with Gasteiger partial charge in [-0.25, -0.2) is 0 Å². The van der Waals surface area contributed by atoms with Crippen molar-refractivity contribution >= 4 is 44.4 Å². The Bertz CT molecular complexity index is 988. The summed E-state index contributed by atoms with van der Waals surface area (Å²) in [5, 5.41) is 1.50. The molecule has 0 saturated heterocycles. The number of para-hydroxylation sites is 2. The van der Waals surface area contributed by atoms with Crippen molar-refractivity contribution in [1.82, 2.24) is 4.57 Å². The molecule has 106 valence electrons. The van der Waals surface area contributed by atoms with Crippen LogP contribution in [-0.4, -0.2) is 4.57 Å². The van der Waals surface area contributed by atoms with Crippen LogP contribution in [0.5, 0.6) is 0 Å². The van der Waals surface area contributed by atoms with Gasteiger partial charge < -0.3 is 4.57 Å². The van der Waals surface area contributed by atoms with Crippen molar-refractivity contribution in [2.45, 2.75) is 0 Å². The standard InChI is InChI=1S/C19H12INO/c20-13-9-11-14(12-10-13)21-17-7-3-1-5-15(17)19(22)16-6-2-4-8-18(16)21/h1-12H. The number of nitrogens with zero attached hydrogens (tertiary/aromatic N) is 1. The molecule has 0 N–H and O–H groups in total. The first-order valence-corrected chi connectivity index (χ1v) is 8.12. The van der Waals surface area contributed by atoms with E-state index in [0.29, 0.717) is 0 Å². The molecule has 0 radical (unpaired) electrons. The molecule has 4 aromatic rings. The highest BCUT2D eigenvalue weighted by molar-refractivity contribution is 14.1. The van der Waals surface area contributed by atoms with Crippen molar-refractivity contribution in [3.8, 4) is 5.69 Å². The highest BCUT2D eigenvalue weighted by Crippen LogP contribution is 2.24. The second-order valence-electron chi connectivity index (χ2n) is 5.18. The molecule has 0 bridgehead atoms. The summed E-state index contributed by atoms with van der Waals surface area (Å²) in [6, 6.07) is 23.9. The molecule has 22 heavy (non-hydrogen) atoms. The minimum atomic E-state index is 0.0907. The maximum absolute atomic E-state index is 12.7. The van der Waals surface area contributed by atoms with Crippen LogP contribution in [0.3, 0.4) is 0 Å². The predicted molar refractivity (Wildman–Crippen MR) is 99.8 cm³/mol. The van der Waals surface area contributed by atoms with E-state index >= 15 is 0 Å². The first-order valence-electron chi connectivity index (χ1n) is 7.04. The maximum atomic E-state index is 12.7. The van der Waals surface area contributed by atoms with E-state index in [0.717, 1.165) is 27.5 Å². The third-order valence-corrected chi connectivity index (χ3v) is 4.58. The fourth-order valence-electron chi connectivity index (χ4n) is 2.86. The molecule has 3 aromatic carbocycles. The van der Waals surface area contributed by atoms with E-state index in [1.165, 1.54) is 3.57 Å². The Balaban J connectivity index is 2.25. The molecule has 0 saturated carbocycles. The summed E-state index contributed by atoms with van der Waals surface area (Å²) in [5.74, 6) is 0. The second kappa shape index (κ2) is 5.25. The van der Waals surface area contributed by atoms with Crippen LogP contribution in [-0.2, 0) is 0 Å². The van der Waals surface area contributed by atoms with Gasteiger partial charge in [-0.2, -0.15) is 0 Å². The van der Waals surface area contributed by atoms with E-state index in [1.54, 1.807) is 0 Å². The Morgan fingerprint density at radius 3 is 1.73 bits per heavy atom. The third kappa shape index (κ3) is 2.04. The summed E-state index contributed by atoms with van der Waals surface area (Å²) in [6.07, 6.45) is 0. The molecule has 2 nitrogen and oxygen atoms in total. The lowest BCUT2D eigenvalue weighted by atomic mass is 10.1. The lowest BCUT2D eigenvalue weighted by Crippen LogP contribution is -2.10. The van der Waals surface area contributed by atoms with Crippen LogP contribution in [0.25, 0.3) is 27.5 Å². The fraction of sp³-hybridized carbons (Fsp3) is 0. The zero-order valence-corrected chi connectivity index (χ0v) is 13.8. The highest BCUT2D eigenvalue weighted by atomic mass is 127. The van der Waals surface area contributed by atoms with Crippen LogP contribution >= 0.6 is 22.6 Å². The van der Waals surface area contributed by atoms with Crippen molar-refractivity contribution in [2.24, 2.45) is 0 Å². The van der Waals surface area contributed by atoms with Gasteiger partial charge in [-0.15, -0.1) is 0 Å². The minimum absolute atomic E-state index is 0.0907. The lowest BCUT2D eigenvalue weighted by Gasteiger charge is -2.15. The van der Waals surface area contributed by atoms with Gasteiger partial charge in [0.05, 0.1) is 11.0 Å². The molecular weight excluding hydrogens is 385 g/mol. The third-order valence-electron chi connectivity index (χ3n) is 3.86. The van der Waals surface area contributed by atoms with Crippen molar-refractivity contribution in [1.29, 1.82) is 0 Å². The zero-order valence-electron chi connectivity index (χ0n) is 11.7. The first-order chi connectivity index (χ1) is 10.8. The highest BCUT2D eigenvalue weighted by Gasteiger charge is 2.11. The summed E-state index contributed by atoms with van der Waals surface area (Å²) < 4.78 is 3.35. The van der Waals surface area contributed by atoms with Gasteiger partial charge in [-0.05, 0) is 71.1 Å². The van der Waals surface area contributed by atoms with E-state index in [-0.39, 0.29) is 5.43 Å². The van der Waals surface area contributed by atoms with Crippen LogP contribution in [0, 0.1) is 3.57 Å². The minimum Gasteiger partial charge on any atom is -0.309 e. The van der Waals surface area contributed by atoms with Gasteiger partial charge in [-0.1, -0.05) is 24.3 Å². The van der Waals surface area contributed by atoms with Crippen LogP contribution in [0.4, 0.5) is 0 Å². The molecule has 4 rings (SSSR count). The molecule has 0 atom stereocenters. The molecule has 3 heteroatoms. The number of fused-ring (bicyclic) bond motifs is 2. The van der Waals surface area contributed by atoms with Crippen LogP contribution in [0.15, 0.2) is 77.6 Å². The molecule has 0 spiro atoms. The average Bonchev–Trinajstić information content (AvgIpc) is 2.57. The van der Waals surface area contributed by atoms with Gasteiger partial charge in [0, 0.05) is 20.0 Å². The summed E-state index contributed by atoms with van der Waals surface area (Å²) in [6.45, 7) is 0. The molecule has 0 aliphatic heterocycles. The van der Waals surface area contributed by atoms with E-state index in [4.69, 9.17) is 0 Å². The summed E-state index contributed by atoms with van der Waals surface area (Å²) >= 11 is 2.30. The Labute approximate surface area is 141 Å². The van der Waals surface area contributed by atoms with E-state index in [2.05, 4.69) is 51.4 Å². The monoisotopic (exact) mass is 397 g/mol. The maximum Gasteiger partial charge on any atom is 0.197 e. The number of hydrogen-bond acceptors (Lipinski definition) is 1. The first kappa shape index (κ1) is 13.5. The van der Waals surface area contributed by atoms with E-state index < -0.39 is 0 Å². The number of halogens is 1. The van der Waals surface area contributed by atoms with Crippen molar-refractivity contribution in [2.75, 3.05) is 0 Å². The van der Waals surface area contributed by atoms with Gasteiger partial charge in [0.25, 0.3) is 0 Å². The van der Waals surface area contributed by atoms with Gasteiger partial charge in [0.2, 0.25) is 0 Å². The Hall–Kier alpha value is -2.14. The van der Waals surface area contributed by atoms with Crippen molar-refractivity contribution < 1.29 is 0 Å². The molecule has 0 unspecified atom stereocenters. The predicted octanol–water partition coefficient (Wildman–Crippen LogP) is 4.75. The molecular formula is C19H12INO. The quantitative estimate of drug-likeness (QED) is 0.336. The number of rotatable bonds is 1. The summed E-state index contributed by atoms with van der Waals surface area (Å²) in [5.41, 5.74) is 3.03. The smallest absolute Gasteiger partial charge is 0.197 e. The molecule has 1 heterocycles. The molecule has 0 aliphatic rings. The number of benzene rings is 3. The lowest BCUT2D eigenvalue weighted by molar-refractivity contribution is 1.16. The largest absolute Gasteiger partial charge is 0.309 e. The molecule has 0 amide bonds. The Morgan fingerprint density at radius 2 is 1.18 bits per heavy atom. The van der Waals surface area contributed by atoms with Crippen molar-refractivity contribution in [3.63, 3.8) is 0 Å². The van der Waals surface area contributed by atoms with Gasteiger partial charge in [-0.3, -0.25) is 4.79 Å². The SMILES string of the molecule is O=c1c2ccccc2n(-c2ccc(I)cc2)c2ccccc12. The molecule has 1 aromatic heterocycles. The topological polar surface area (TPSA) is 22.0 Å². The molecule has 0 aliphatic carbocycles. The van der Waals surface area contributed by atoms with Crippen LogP contribution in [0.2, 0.25) is 0 Å². The van der Waals surface area contributed by atoms with Gasteiger partial charge in [0.1, 0.15) is 0 Å². The Kier molecular flexibility index (Phi) is 3.22. The van der Waals surface area contributed by atoms with Gasteiger partial charge >= 0.3 is 0 Å². The average molecular weight is 397 g/mol. The van der Waals surface area contributed by atoms with E-state index in [1.807, 2.05) is 48.5 Å². The van der Waals surface area contributed by atoms with E-state index in [9.17, 15) is 4.79 Å². The van der Waals surface area contributed by atoms with Crippen LogP contribution in [0.1, 0.15) is 0 Å². The number of aromatic nitrogens is 1. The number of hydrogen-bond donors (Lipinski definition) is 0. The van der Waals surface area contributed by atoms with Crippen molar-refractivity contribution in [3.05, 3.63) is 86.6 Å². The number of pyridine rings is 1. The van der Waals surface area contributed by atoms with Gasteiger partial charge in [0.15, 0.2) is 5.43 Å². The normalized spacial score (nSPS) is 11.1. The van der Waals surface area contributed by atoms with Crippen LogP contribution < -0.4 is 5.43 Å². The second-order valence-corrected chi connectivity index (χ2v) is 6.42. The molecule has 0 fully saturated rings.